The number of carbonyl (C=O) groups excluding carboxylic acids is 1. The molecule has 1 aromatic carbocycles. The number of sulfone groups is 1. The fourth-order valence-corrected chi connectivity index (χ4v) is 3.74. The van der Waals surface area contributed by atoms with E-state index in [1.165, 1.54) is 0 Å². The van der Waals surface area contributed by atoms with Gasteiger partial charge in [0, 0.05) is 12.6 Å². The van der Waals surface area contributed by atoms with Crippen LogP contribution in [0.2, 0.25) is 0 Å². The Hall–Kier alpha value is -1.40. The zero-order valence-corrected chi connectivity index (χ0v) is 13.5. The number of rotatable bonds is 9. The van der Waals surface area contributed by atoms with Crippen LogP contribution in [0, 0.1) is 5.92 Å². The van der Waals surface area contributed by atoms with Crippen molar-refractivity contribution in [1.29, 1.82) is 0 Å². The van der Waals surface area contributed by atoms with Crippen molar-refractivity contribution >= 4 is 15.7 Å². The molecule has 0 bridgehead atoms. The van der Waals surface area contributed by atoms with Crippen LogP contribution in [0.15, 0.2) is 30.3 Å². The second-order valence-corrected chi connectivity index (χ2v) is 8.11. The third-order valence-electron chi connectivity index (χ3n) is 3.91. The maximum atomic E-state index is 12.0. The highest BCUT2D eigenvalue weighted by atomic mass is 32.2. The standard InChI is InChI=1S/C16H24N2O3S/c17-11-15(14-8-9-14)18-16(19)12-22(20,21)10-4-7-13-5-2-1-3-6-13/h1-3,5-6,14-15H,4,7-12,17H2,(H,18,19). The molecule has 1 saturated carbocycles. The molecule has 1 aliphatic carbocycles. The predicted molar refractivity (Wildman–Crippen MR) is 87.1 cm³/mol. The number of amides is 1. The minimum atomic E-state index is -3.36. The van der Waals surface area contributed by atoms with Crippen molar-refractivity contribution in [3.05, 3.63) is 35.9 Å². The van der Waals surface area contributed by atoms with Crippen LogP contribution >= 0.6 is 0 Å². The molecule has 1 unspecified atom stereocenters. The Morgan fingerprint density at radius 3 is 2.55 bits per heavy atom. The first-order chi connectivity index (χ1) is 10.5. The Bertz CT molecular complexity index is 583. The highest BCUT2D eigenvalue weighted by molar-refractivity contribution is 7.92. The number of aryl methyl sites for hydroxylation is 1. The van der Waals surface area contributed by atoms with E-state index >= 15 is 0 Å². The van der Waals surface area contributed by atoms with Gasteiger partial charge in [-0.05, 0) is 37.2 Å². The van der Waals surface area contributed by atoms with Crippen molar-refractivity contribution in [2.75, 3.05) is 18.1 Å². The number of carbonyl (C=O) groups is 1. The molecule has 1 atom stereocenters. The van der Waals surface area contributed by atoms with Crippen molar-refractivity contribution in [3.8, 4) is 0 Å². The summed E-state index contributed by atoms with van der Waals surface area (Å²) in [5.41, 5.74) is 6.72. The fraction of sp³-hybridized carbons (Fsp3) is 0.562. The third-order valence-corrected chi connectivity index (χ3v) is 5.52. The molecule has 0 heterocycles. The molecule has 2 rings (SSSR count). The predicted octanol–water partition coefficient (Wildman–Crippen LogP) is 0.888. The summed E-state index contributed by atoms with van der Waals surface area (Å²) >= 11 is 0. The quantitative estimate of drug-likeness (QED) is 0.706. The summed E-state index contributed by atoms with van der Waals surface area (Å²) in [5.74, 6) is -0.409. The van der Waals surface area contributed by atoms with Gasteiger partial charge in [-0.2, -0.15) is 0 Å². The highest BCUT2D eigenvalue weighted by Crippen LogP contribution is 2.32. The second kappa shape index (κ2) is 7.74. The molecule has 1 fully saturated rings. The molecule has 3 N–H and O–H groups in total. The molecule has 5 nitrogen and oxygen atoms in total. The molecule has 0 aromatic heterocycles. The first-order valence-corrected chi connectivity index (χ1v) is 9.56. The number of nitrogens with two attached hydrogens (primary N) is 1. The summed E-state index contributed by atoms with van der Waals surface area (Å²) in [6, 6.07) is 9.66. The minimum Gasteiger partial charge on any atom is -0.351 e. The minimum absolute atomic E-state index is 0.0338. The first-order valence-electron chi connectivity index (χ1n) is 7.74. The molecule has 22 heavy (non-hydrogen) atoms. The van der Waals surface area contributed by atoms with Gasteiger partial charge in [0.2, 0.25) is 5.91 Å². The maximum absolute atomic E-state index is 12.0. The van der Waals surface area contributed by atoms with E-state index < -0.39 is 21.5 Å². The molecule has 1 aromatic rings. The normalized spacial score (nSPS) is 16.2. The van der Waals surface area contributed by atoms with Gasteiger partial charge in [-0.3, -0.25) is 4.79 Å². The molecule has 1 aliphatic rings. The fourth-order valence-electron chi connectivity index (χ4n) is 2.53. The van der Waals surface area contributed by atoms with Gasteiger partial charge >= 0.3 is 0 Å². The van der Waals surface area contributed by atoms with E-state index in [0.29, 0.717) is 25.3 Å². The SMILES string of the molecule is NCC(NC(=O)CS(=O)(=O)CCCc1ccccc1)C1CC1. The number of hydrogen-bond acceptors (Lipinski definition) is 4. The van der Waals surface area contributed by atoms with Gasteiger partial charge in [0.05, 0.1) is 5.75 Å². The molecule has 0 saturated heterocycles. The zero-order valence-electron chi connectivity index (χ0n) is 12.7. The number of benzene rings is 1. The lowest BCUT2D eigenvalue weighted by Gasteiger charge is -2.15. The number of hydrogen-bond donors (Lipinski definition) is 2. The van der Waals surface area contributed by atoms with Gasteiger partial charge in [0.1, 0.15) is 5.75 Å². The number of nitrogens with one attached hydrogen (secondary N) is 1. The molecule has 1 amide bonds. The Labute approximate surface area is 132 Å². The van der Waals surface area contributed by atoms with E-state index in [9.17, 15) is 13.2 Å². The van der Waals surface area contributed by atoms with Crippen molar-refractivity contribution in [2.45, 2.75) is 31.7 Å². The largest absolute Gasteiger partial charge is 0.351 e. The van der Waals surface area contributed by atoms with Crippen LogP contribution in [0.3, 0.4) is 0 Å². The van der Waals surface area contributed by atoms with Crippen LogP contribution in [0.5, 0.6) is 0 Å². The second-order valence-electron chi connectivity index (χ2n) is 5.93. The summed E-state index contributed by atoms with van der Waals surface area (Å²) in [6.45, 7) is 0.366. The van der Waals surface area contributed by atoms with Crippen LogP contribution in [0.25, 0.3) is 0 Å². The van der Waals surface area contributed by atoms with Crippen molar-refractivity contribution in [2.24, 2.45) is 11.7 Å². The first kappa shape index (κ1) is 17.0. The highest BCUT2D eigenvalue weighted by Gasteiger charge is 2.31. The Balaban J connectivity index is 1.74. The average molecular weight is 324 g/mol. The molecule has 0 aliphatic heterocycles. The zero-order chi connectivity index (χ0) is 16.0. The van der Waals surface area contributed by atoms with Gasteiger partial charge in [0.25, 0.3) is 0 Å². The van der Waals surface area contributed by atoms with Crippen molar-refractivity contribution in [3.63, 3.8) is 0 Å². The van der Waals surface area contributed by atoms with Crippen LogP contribution < -0.4 is 11.1 Å². The topological polar surface area (TPSA) is 89.3 Å². The monoisotopic (exact) mass is 324 g/mol. The lowest BCUT2D eigenvalue weighted by molar-refractivity contribution is -0.119. The van der Waals surface area contributed by atoms with E-state index in [2.05, 4.69) is 5.32 Å². The van der Waals surface area contributed by atoms with E-state index in [-0.39, 0.29) is 11.8 Å². The molecular weight excluding hydrogens is 300 g/mol. The third kappa shape index (κ3) is 5.77. The Kier molecular flexibility index (Phi) is 5.97. The Morgan fingerprint density at radius 2 is 1.95 bits per heavy atom. The summed E-state index contributed by atoms with van der Waals surface area (Å²) in [4.78, 5) is 11.8. The van der Waals surface area contributed by atoms with Gasteiger partial charge in [-0.15, -0.1) is 0 Å². The lowest BCUT2D eigenvalue weighted by atomic mass is 10.1. The van der Waals surface area contributed by atoms with Crippen LogP contribution in [0.4, 0.5) is 0 Å². The Morgan fingerprint density at radius 1 is 1.27 bits per heavy atom. The van der Waals surface area contributed by atoms with Crippen LogP contribution in [-0.4, -0.2) is 38.4 Å². The van der Waals surface area contributed by atoms with Crippen molar-refractivity contribution < 1.29 is 13.2 Å². The molecule has 0 radical (unpaired) electrons. The van der Waals surface area contributed by atoms with Crippen LogP contribution in [-0.2, 0) is 21.1 Å². The van der Waals surface area contributed by atoms with Crippen LogP contribution in [0.1, 0.15) is 24.8 Å². The van der Waals surface area contributed by atoms with Gasteiger partial charge in [0.15, 0.2) is 9.84 Å². The smallest absolute Gasteiger partial charge is 0.235 e. The van der Waals surface area contributed by atoms with Gasteiger partial charge in [-0.25, -0.2) is 8.42 Å². The van der Waals surface area contributed by atoms with E-state index in [4.69, 9.17) is 5.73 Å². The summed E-state index contributed by atoms with van der Waals surface area (Å²) in [6.07, 6.45) is 3.36. The molecular formula is C16H24N2O3S. The van der Waals surface area contributed by atoms with E-state index in [1.54, 1.807) is 0 Å². The molecule has 0 spiro atoms. The van der Waals surface area contributed by atoms with E-state index in [0.717, 1.165) is 18.4 Å². The maximum Gasteiger partial charge on any atom is 0.235 e. The van der Waals surface area contributed by atoms with Crippen molar-refractivity contribution in [1.82, 2.24) is 5.32 Å². The summed E-state index contributed by atoms with van der Waals surface area (Å²) < 4.78 is 24.0. The molecule has 122 valence electrons. The molecule has 6 heteroatoms. The lowest BCUT2D eigenvalue weighted by Crippen LogP contribution is -2.44. The van der Waals surface area contributed by atoms with E-state index in [1.807, 2.05) is 30.3 Å². The average Bonchev–Trinajstić information content (AvgIpc) is 3.29. The van der Waals surface area contributed by atoms with Gasteiger partial charge < -0.3 is 11.1 Å². The van der Waals surface area contributed by atoms with Gasteiger partial charge in [-0.1, -0.05) is 30.3 Å². The summed E-state index contributed by atoms with van der Waals surface area (Å²) in [5, 5.41) is 2.75. The summed E-state index contributed by atoms with van der Waals surface area (Å²) in [7, 11) is -3.36.